The molecular formula is C18H20FN3O. The number of alkyl halides is 1. The molecule has 3 rings (SSSR count). The van der Waals surface area contributed by atoms with Gasteiger partial charge >= 0.3 is 0 Å². The topological polar surface area (TPSA) is 54.0 Å². The van der Waals surface area contributed by atoms with Crippen molar-refractivity contribution in [1.82, 2.24) is 15.6 Å². The van der Waals surface area contributed by atoms with E-state index < -0.39 is 12.1 Å². The summed E-state index contributed by atoms with van der Waals surface area (Å²) in [6.45, 7) is 3.94. The van der Waals surface area contributed by atoms with Gasteiger partial charge in [0, 0.05) is 25.0 Å². The molecule has 2 N–H and O–H groups in total. The highest BCUT2D eigenvalue weighted by molar-refractivity contribution is 5.82. The van der Waals surface area contributed by atoms with Crippen LogP contribution >= 0.6 is 0 Å². The van der Waals surface area contributed by atoms with E-state index in [-0.39, 0.29) is 0 Å². The van der Waals surface area contributed by atoms with Gasteiger partial charge in [-0.05, 0) is 42.1 Å². The number of carbonyl (C=O) groups excluding carboxylic acids is 1. The van der Waals surface area contributed by atoms with Gasteiger partial charge in [-0.15, -0.1) is 0 Å². The SMILES string of the molecule is Cc1ncc2c(c1CNC(=O)C(F)c1ccccc1)CCNC2. The molecule has 0 fully saturated rings. The molecule has 5 heteroatoms. The van der Waals surface area contributed by atoms with E-state index in [4.69, 9.17) is 0 Å². The lowest BCUT2D eigenvalue weighted by Gasteiger charge is -2.22. The predicted molar refractivity (Wildman–Crippen MR) is 86.5 cm³/mol. The number of pyridine rings is 1. The van der Waals surface area contributed by atoms with Crippen LogP contribution in [0.3, 0.4) is 0 Å². The van der Waals surface area contributed by atoms with Crippen LogP contribution in [-0.2, 0) is 24.3 Å². The first kappa shape index (κ1) is 15.6. The first-order valence-electron chi connectivity index (χ1n) is 7.80. The minimum Gasteiger partial charge on any atom is -0.349 e. The van der Waals surface area contributed by atoms with Crippen molar-refractivity contribution in [2.75, 3.05) is 6.54 Å². The number of rotatable bonds is 4. The maximum atomic E-state index is 14.2. The molecule has 0 radical (unpaired) electrons. The zero-order chi connectivity index (χ0) is 16.2. The number of hydrogen-bond acceptors (Lipinski definition) is 3. The molecule has 1 unspecified atom stereocenters. The molecule has 0 bridgehead atoms. The molecule has 2 aromatic rings. The normalized spacial score (nSPS) is 14.9. The molecule has 1 aromatic heterocycles. The molecule has 0 saturated heterocycles. The van der Waals surface area contributed by atoms with Crippen LogP contribution in [0.25, 0.3) is 0 Å². The molecule has 1 aliphatic rings. The summed E-state index contributed by atoms with van der Waals surface area (Å²) < 4.78 is 14.2. The quantitative estimate of drug-likeness (QED) is 0.911. The highest BCUT2D eigenvalue weighted by atomic mass is 19.1. The van der Waals surface area contributed by atoms with Crippen LogP contribution in [0.15, 0.2) is 36.5 Å². The number of aryl methyl sites for hydroxylation is 1. The summed E-state index contributed by atoms with van der Waals surface area (Å²) in [5.74, 6) is -0.609. The van der Waals surface area contributed by atoms with E-state index in [0.717, 1.165) is 36.3 Å². The molecule has 1 aliphatic heterocycles. The van der Waals surface area contributed by atoms with Crippen LogP contribution in [0, 0.1) is 6.92 Å². The van der Waals surface area contributed by atoms with E-state index >= 15 is 0 Å². The third kappa shape index (κ3) is 3.40. The van der Waals surface area contributed by atoms with Crippen LogP contribution in [0.2, 0.25) is 0 Å². The largest absolute Gasteiger partial charge is 0.349 e. The van der Waals surface area contributed by atoms with Crippen molar-refractivity contribution in [1.29, 1.82) is 0 Å². The van der Waals surface area contributed by atoms with Gasteiger partial charge in [-0.3, -0.25) is 9.78 Å². The Kier molecular flexibility index (Phi) is 4.67. The lowest BCUT2D eigenvalue weighted by atomic mass is 9.96. The van der Waals surface area contributed by atoms with Crippen molar-refractivity contribution >= 4 is 5.91 Å². The summed E-state index contributed by atoms with van der Waals surface area (Å²) in [7, 11) is 0. The fraction of sp³-hybridized carbons (Fsp3) is 0.333. The summed E-state index contributed by atoms with van der Waals surface area (Å²) in [6, 6.07) is 8.49. The number of nitrogens with one attached hydrogen (secondary N) is 2. The minimum absolute atomic E-state index is 0.314. The maximum absolute atomic E-state index is 14.2. The molecule has 2 heterocycles. The summed E-state index contributed by atoms with van der Waals surface area (Å²) in [5, 5.41) is 6.02. The number of carbonyl (C=O) groups is 1. The Morgan fingerprint density at radius 3 is 2.96 bits per heavy atom. The highest BCUT2D eigenvalue weighted by Gasteiger charge is 2.21. The lowest BCUT2D eigenvalue weighted by Crippen LogP contribution is -2.30. The van der Waals surface area contributed by atoms with E-state index in [2.05, 4.69) is 15.6 Å². The smallest absolute Gasteiger partial charge is 0.259 e. The van der Waals surface area contributed by atoms with Gasteiger partial charge < -0.3 is 10.6 Å². The Morgan fingerprint density at radius 2 is 2.17 bits per heavy atom. The van der Waals surface area contributed by atoms with E-state index in [9.17, 15) is 9.18 Å². The number of hydrogen-bond donors (Lipinski definition) is 2. The molecule has 1 aromatic carbocycles. The number of halogens is 1. The van der Waals surface area contributed by atoms with Gasteiger partial charge in [0.2, 0.25) is 6.17 Å². The van der Waals surface area contributed by atoms with Gasteiger partial charge in [-0.25, -0.2) is 4.39 Å². The number of aromatic nitrogens is 1. The third-order valence-electron chi connectivity index (χ3n) is 4.23. The fourth-order valence-electron chi connectivity index (χ4n) is 2.92. The summed E-state index contributed by atoms with van der Waals surface area (Å²) in [4.78, 5) is 16.5. The van der Waals surface area contributed by atoms with Crippen molar-refractivity contribution < 1.29 is 9.18 Å². The number of nitrogens with zero attached hydrogens (tertiary/aromatic N) is 1. The Balaban J connectivity index is 1.72. The van der Waals surface area contributed by atoms with Gasteiger partial charge in [-0.2, -0.15) is 0 Å². The van der Waals surface area contributed by atoms with Gasteiger partial charge in [-0.1, -0.05) is 30.3 Å². The van der Waals surface area contributed by atoms with Crippen molar-refractivity contribution in [2.24, 2.45) is 0 Å². The van der Waals surface area contributed by atoms with Gasteiger partial charge in [0.1, 0.15) is 0 Å². The second kappa shape index (κ2) is 6.87. The average Bonchev–Trinajstić information content (AvgIpc) is 2.60. The van der Waals surface area contributed by atoms with Crippen LogP contribution in [-0.4, -0.2) is 17.4 Å². The van der Waals surface area contributed by atoms with Crippen molar-refractivity contribution in [2.45, 2.75) is 32.6 Å². The molecule has 120 valence electrons. The lowest BCUT2D eigenvalue weighted by molar-refractivity contribution is -0.126. The van der Waals surface area contributed by atoms with Crippen molar-refractivity contribution in [3.8, 4) is 0 Å². The maximum Gasteiger partial charge on any atom is 0.259 e. The monoisotopic (exact) mass is 313 g/mol. The summed E-state index contributed by atoms with van der Waals surface area (Å²) in [5.41, 5.74) is 4.66. The van der Waals surface area contributed by atoms with Gasteiger partial charge in [0.05, 0.1) is 0 Å². The zero-order valence-corrected chi connectivity index (χ0v) is 13.1. The van der Waals surface area contributed by atoms with Crippen molar-refractivity contribution in [3.05, 3.63) is 64.5 Å². The Hall–Kier alpha value is -2.27. The number of fused-ring (bicyclic) bond motifs is 1. The Morgan fingerprint density at radius 1 is 1.39 bits per heavy atom. The number of benzene rings is 1. The van der Waals surface area contributed by atoms with E-state index in [1.807, 2.05) is 13.1 Å². The van der Waals surface area contributed by atoms with E-state index in [1.54, 1.807) is 30.3 Å². The molecule has 0 saturated carbocycles. The molecule has 0 aliphatic carbocycles. The molecule has 23 heavy (non-hydrogen) atoms. The standard InChI is InChI=1S/C18H20FN3O/c1-12-16(15-7-8-20-9-14(15)10-21-12)11-22-18(23)17(19)13-5-3-2-4-6-13/h2-6,10,17,20H,7-9,11H2,1H3,(H,22,23). The molecule has 1 atom stereocenters. The van der Waals surface area contributed by atoms with Crippen LogP contribution < -0.4 is 10.6 Å². The first-order valence-corrected chi connectivity index (χ1v) is 7.80. The Bertz CT molecular complexity index is 703. The van der Waals surface area contributed by atoms with Crippen molar-refractivity contribution in [3.63, 3.8) is 0 Å². The first-order chi connectivity index (χ1) is 11.2. The molecule has 1 amide bonds. The summed E-state index contributed by atoms with van der Waals surface area (Å²) in [6.07, 6.45) is 1.14. The highest BCUT2D eigenvalue weighted by Crippen LogP contribution is 2.21. The molecule has 0 spiro atoms. The average molecular weight is 313 g/mol. The summed E-state index contributed by atoms with van der Waals surface area (Å²) >= 11 is 0. The van der Waals surface area contributed by atoms with E-state index in [1.165, 1.54) is 5.56 Å². The van der Waals surface area contributed by atoms with Crippen LogP contribution in [0.4, 0.5) is 4.39 Å². The number of amides is 1. The van der Waals surface area contributed by atoms with Crippen LogP contribution in [0.5, 0.6) is 0 Å². The van der Waals surface area contributed by atoms with E-state index in [0.29, 0.717) is 12.1 Å². The molecular weight excluding hydrogens is 293 g/mol. The predicted octanol–water partition coefficient (Wildman–Crippen LogP) is 2.36. The van der Waals surface area contributed by atoms with Gasteiger partial charge in [0.15, 0.2) is 0 Å². The Labute approximate surface area is 135 Å². The fourth-order valence-corrected chi connectivity index (χ4v) is 2.92. The third-order valence-corrected chi connectivity index (χ3v) is 4.23. The van der Waals surface area contributed by atoms with Gasteiger partial charge in [0.25, 0.3) is 5.91 Å². The zero-order valence-electron chi connectivity index (χ0n) is 13.1. The second-order valence-electron chi connectivity index (χ2n) is 5.74. The second-order valence-corrected chi connectivity index (χ2v) is 5.74. The minimum atomic E-state index is -1.65. The molecule has 4 nitrogen and oxygen atoms in total. The van der Waals surface area contributed by atoms with Crippen LogP contribution in [0.1, 0.15) is 34.1 Å².